The molecule has 0 fully saturated rings. The lowest BCUT2D eigenvalue weighted by Crippen LogP contribution is -2.43. The van der Waals surface area contributed by atoms with Gasteiger partial charge in [-0.25, -0.2) is 13.4 Å². The van der Waals surface area contributed by atoms with E-state index in [0.29, 0.717) is 27.9 Å². The van der Waals surface area contributed by atoms with Crippen molar-refractivity contribution in [1.82, 2.24) is 14.8 Å². The van der Waals surface area contributed by atoms with Gasteiger partial charge in [-0.3, -0.25) is 19.5 Å². The van der Waals surface area contributed by atoms with E-state index >= 15 is 0 Å². The van der Waals surface area contributed by atoms with Crippen LogP contribution >= 0.6 is 0 Å². The van der Waals surface area contributed by atoms with Crippen LogP contribution in [0.1, 0.15) is 32.7 Å². The first-order valence-corrected chi connectivity index (χ1v) is 14.8. The van der Waals surface area contributed by atoms with E-state index in [9.17, 15) is 18.0 Å². The lowest BCUT2D eigenvalue weighted by molar-refractivity contribution is -0.130. The number of carbonyl (C=O) groups excluding carboxylic acids is 2. The van der Waals surface area contributed by atoms with E-state index in [1.165, 1.54) is 22.1 Å². The van der Waals surface area contributed by atoms with Gasteiger partial charge in [0, 0.05) is 31.6 Å². The summed E-state index contributed by atoms with van der Waals surface area (Å²) in [6, 6.07) is 28.3. The van der Waals surface area contributed by atoms with E-state index in [2.05, 4.69) is 4.98 Å². The molecule has 4 aromatic rings. The molecule has 0 saturated heterocycles. The quantitative estimate of drug-likeness (QED) is 0.348. The number of nitrogens with two attached hydrogens (primary N) is 1. The summed E-state index contributed by atoms with van der Waals surface area (Å²) in [5.41, 5.74) is 7.70. The molecular weight excluding hydrogens is 538 g/mol. The van der Waals surface area contributed by atoms with E-state index in [0.717, 1.165) is 6.26 Å². The van der Waals surface area contributed by atoms with Crippen molar-refractivity contribution in [2.75, 3.05) is 13.3 Å². The molecular formula is C31H29N5O4S. The van der Waals surface area contributed by atoms with Crippen molar-refractivity contribution in [2.24, 2.45) is 10.7 Å². The normalized spacial score (nSPS) is 14.5. The molecule has 0 saturated carbocycles. The van der Waals surface area contributed by atoms with Gasteiger partial charge < -0.3 is 10.6 Å². The molecule has 2 heterocycles. The first-order chi connectivity index (χ1) is 19.6. The molecule has 1 aromatic heterocycles. The van der Waals surface area contributed by atoms with Crippen molar-refractivity contribution in [3.63, 3.8) is 0 Å². The number of amides is 2. The van der Waals surface area contributed by atoms with Crippen LogP contribution in [0.15, 0.2) is 113 Å². The van der Waals surface area contributed by atoms with Crippen molar-refractivity contribution < 1.29 is 18.0 Å². The smallest absolute Gasteiger partial charge is 0.266 e. The zero-order valence-corrected chi connectivity index (χ0v) is 23.5. The van der Waals surface area contributed by atoms with Crippen molar-refractivity contribution >= 4 is 27.6 Å². The first-order valence-electron chi connectivity index (χ1n) is 12.9. The Labute approximate surface area is 238 Å². The molecule has 0 aliphatic carbocycles. The van der Waals surface area contributed by atoms with E-state index in [1.807, 2.05) is 60.7 Å². The molecule has 2 N–H and O–H groups in total. The van der Waals surface area contributed by atoms with Crippen LogP contribution in [0.4, 0.5) is 0 Å². The average Bonchev–Trinajstić information content (AvgIpc) is 3.23. The van der Waals surface area contributed by atoms with Crippen LogP contribution in [0.3, 0.4) is 0 Å². The lowest BCUT2D eigenvalue weighted by Gasteiger charge is -2.27. The number of pyridine rings is 1. The summed E-state index contributed by atoms with van der Waals surface area (Å²) in [6.07, 6.45) is 2.64. The molecule has 9 nitrogen and oxygen atoms in total. The third-order valence-corrected chi connectivity index (χ3v) is 8.20. The molecule has 2 amide bonds. The SMILES string of the molecule is CN(Cc1ccccc1S(C)(=O)=O)C(=O)c1ccnc(CN2C(=O)C(c3ccccc3)(c3ccccc3)N=C2N)c1. The molecule has 208 valence electrons. The van der Waals surface area contributed by atoms with Gasteiger partial charge >= 0.3 is 0 Å². The Morgan fingerprint density at radius 3 is 2.12 bits per heavy atom. The van der Waals surface area contributed by atoms with Gasteiger partial charge in [0.2, 0.25) is 0 Å². The second-order valence-electron chi connectivity index (χ2n) is 9.88. The van der Waals surface area contributed by atoms with Crippen LogP contribution in [0.2, 0.25) is 0 Å². The third kappa shape index (κ3) is 5.33. The van der Waals surface area contributed by atoms with Crippen LogP contribution in [-0.2, 0) is 33.3 Å². The van der Waals surface area contributed by atoms with Crippen LogP contribution in [0.5, 0.6) is 0 Å². The van der Waals surface area contributed by atoms with Crippen LogP contribution in [0, 0.1) is 0 Å². The minimum Gasteiger partial charge on any atom is -0.369 e. The molecule has 1 aliphatic heterocycles. The molecule has 0 atom stereocenters. The largest absolute Gasteiger partial charge is 0.369 e. The molecule has 1 aliphatic rings. The Balaban J connectivity index is 1.40. The predicted octanol–water partition coefficient (Wildman–Crippen LogP) is 3.36. The molecule has 0 unspecified atom stereocenters. The standard InChI is InChI=1S/C31H29N5O4S/c1-35(20-23-11-9-10-16-27(23)41(2,39)40)28(37)22-17-18-33-26(19-22)21-36-29(38)31(34-30(36)32,24-12-5-3-6-13-24)25-14-7-4-8-15-25/h3-19H,20-21H2,1-2H3,(H2,32,34). The predicted molar refractivity (Wildman–Crippen MR) is 155 cm³/mol. The summed E-state index contributed by atoms with van der Waals surface area (Å²) < 4.78 is 24.4. The first kappa shape index (κ1) is 27.7. The minimum atomic E-state index is -3.46. The molecule has 41 heavy (non-hydrogen) atoms. The summed E-state index contributed by atoms with van der Waals surface area (Å²) in [7, 11) is -1.86. The molecule has 10 heteroatoms. The number of guanidine groups is 1. The molecule has 0 spiro atoms. The van der Waals surface area contributed by atoms with Gasteiger partial charge in [-0.1, -0.05) is 78.9 Å². The van der Waals surface area contributed by atoms with Gasteiger partial charge in [-0.2, -0.15) is 0 Å². The molecule has 0 radical (unpaired) electrons. The van der Waals surface area contributed by atoms with Crippen molar-refractivity contribution in [3.05, 3.63) is 131 Å². The maximum atomic E-state index is 14.1. The van der Waals surface area contributed by atoms with E-state index in [4.69, 9.17) is 10.7 Å². The van der Waals surface area contributed by atoms with Gasteiger partial charge in [0.25, 0.3) is 11.8 Å². The van der Waals surface area contributed by atoms with Gasteiger partial charge in [0.05, 0.1) is 17.1 Å². The number of carbonyl (C=O) groups is 2. The van der Waals surface area contributed by atoms with Crippen LogP contribution < -0.4 is 5.73 Å². The Bertz CT molecular complexity index is 1700. The zero-order valence-electron chi connectivity index (χ0n) is 22.6. The fourth-order valence-electron chi connectivity index (χ4n) is 5.04. The summed E-state index contributed by atoms with van der Waals surface area (Å²) in [6.45, 7) is 0.109. The second-order valence-corrected chi connectivity index (χ2v) is 11.9. The number of aliphatic imine (C=N–C) groups is 1. The lowest BCUT2D eigenvalue weighted by atomic mass is 9.83. The number of aromatic nitrogens is 1. The van der Waals surface area contributed by atoms with Crippen molar-refractivity contribution in [1.29, 1.82) is 0 Å². The van der Waals surface area contributed by atoms with Crippen LogP contribution in [-0.4, -0.2) is 54.3 Å². The highest BCUT2D eigenvalue weighted by Crippen LogP contribution is 2.39. The fraction of sp³-hybridized carbons (Fsp3) is 0.161. The van der Waals surface area contributed by atoms with Crippen LogP contribution in [0.25, 0.3) is 0 Å². The van der Waals surface area contributed by atoms with Gasteiger partial charge in [0.1, 0.15) is 0 Å². The Morgan fingerprint density at radius 2 is 1.51 bits per heavy atom. The number of rotatable bonds is 8. The number of hydrogen-bond acceptors (Lipinski definition) is 7. The zero-order chi connectivity index (χ0) is 29.2. The fourth-order valence-corrected chi connectivity index (χ4v) is 5.97. The van der Waals surface area contributed by atoms with Gasteiger partial charge in [-0.05, 0) is 34.9 Å². The van der Waals surface area contributed by atoms with Crippen molar-refractivity contribution in [3.8, 4) is 0 Å². The summed E-state index contributed by atoms with van der Waals surface area (Å²) >= 11 is 0. The Morgan fingerprint density at radius 1 is 0.927 bits per heavy atom. The van der Waals surface area contributed by atoms with E-state index < -0.39 is 15.4 Å². The van der Waals surface area contributed by atoms with Gasteiger partial charge in [0.15, 0.2) is 21.3 Å². The summed E-state index contributed by atoms with van der Waals surface area (Å²) in [5, 5.41) is 0. The highest BCUT2D eigenvalue weighted by atomic mass is 32.2. The average molecular weight is 568 g/mol. The second kappa shape index (κ2) is 11.0. The summed E-state index contributed by atoms with van der Waals surface area (Å²) in [5.74, 6) is -0.592. The Hall–Kier alpha value is -4.83. The minimum absolute atomic E-state index is 0.0112. The van der Waals surface area contributed by atoms with Crippen molar-refractivity contribution in [2.45, 2.75) is 23.5 Å². The van der Waals surface area contributed by atoms with E-state index in [1.54, 1.807) is 37.4 Å². The molecule has 3 aromatic carbocycles. The number of benzene rings is 3. The number of hydrogen-bond donors (Lipinski definition) is 1. The topological polar surface area (TPSA) is 126 Å². The number of sulfone groups is 1. The summed E-state index contributed by atoms with van der Waals surface area (Å²) in [4.78, 5) is 39.5. The maximum absolute atomic E-state index is 14.1. The monoisotopic (exact) mass is 567 g/mol. The highest BCUT2D eigenvalue weighted by Gasteiger charge is 2.50. The number of nitrogens with zero attached hydrogens (tertiary/aromatic N) is 4. The third-order valence-electron chi connectivity index (χ3n) is 7.01. The maximum Gasteiger partial charge on any atom is 0.266 e. The van der Waals surface area contributed by atoms with Gasteiger partial charge in [-0.15, -0.1) is 0 Å². The molecule has 0 bridgehead atoms. The highest BCUT2D eigenvalue weighted by molar-refractivity contribution is 7.90. The molecule has 5 rings (SSSR count). The Kier molecular flexibility index (Phi) is 7.42. The van der Waals surface area contributed by atoms with E-state index in [-0.39, 0.29) is 35.8 Å².